The summed E-state index contributed by atoms with van der Waals surface area (Å²) in [6.45, 7) is 4.88. The first-order chi connectivity index (χ1) is 7.10. The van der Waals surface area contributed by atoms with Gasteiger partial charge in [0.15, 0.2) is 5.17 Å². The third-order valence-corrected chi connectivity index (χ3v) is 3.20. The molecular formula is C9H14N2O3S. The highest BCUT2D eigenvalue weighted by Gasteiger charge is 2.37. The van der Waals surface area contributed by atoms with E-state index >= 15 is 0 Å². The summed E-state index contributed by atoms with van der Waals surface area (Å²) >= 11 is 1.25. The van der Waals surface area contributed by atoms with Gasteiger partial charge in [-0.2, -0.15) is 0 Å². The number of hydrogen-bond donors (Lipinski definition) is 1. The lowest BCUT2D eigenvalue weighted by Gasteiger charge is -2.12. The predicted octanol–water partition coefficient (Wildman–Crippen LogP) is 0.801. The van der Waals surface area contributed by atoms with Gasteiger partial charge in [-0.3, -0.25) is 19.5 Å². The van der Waals surface area contributed by atoms with E-state index in [0.717, 1.165) is 0 Å². The molecule has 0 aromatic heterocycles. The Bertz CT molecular complexity index is 304. The maximum absolute atomic E-state index is 11.7. The Morgan fingerprint density at radius 2 is 2.27 bits per heavy atom. The zero-order chi connectivity index (χ0) is 11.4. The number of carbonyl (C=O) groups excluding carboxylic acids is 1. The van der Waals surface area contributed by atoms with E-state index in [-0.39, 0.29) is 12.3 Å². The Kier molecular flexibility index (Phi) is 4.14. The summed E-state index contributed by atoms with van der Waals surface area (Å²) in [6, 6.07) is 0. The minimum absolute atomic E-state index is 0.136. The molecule has 6 heteroatoms. The molecule has 0 aliphatic carbocycles. The molecule has 0 saturated carbocycles. The van der Waals surface area contributed by atoms with Crippen LogP contribution in [0, 0.1) is 0 Å². The fraction of sp³-hybridized carbons (Fsp3) is 0.667. The topological polar surface area (TPSA) is 70.0 Å². The second-order valence-corrected chi connectivity index (χ2v) is 4.21. The van der Waals surface area contributed by atoms with Crippen LogP contribution in [-0.4, -0.2) is 45.4 Å². The standard InChI is InChI=1S/C9H14N2O3S/c1-3-10-9-11(4-2)8(14)6(15-9)5-7(12)13/h6H,3-5H2,1-2H3,(H,12,13). The van der Waals surface area contributed by atoms with Crippen LogP contribution >= 0.6 is 11.8 Å². The highest BCUT2D eigenvalue weighted by Crippen LogP contribution is 2.29. The van der Waals surface area contributed by atoms with Gasteiger partial charge in [0.05, 0.1) is 6.42 Å². The minimum Gasteiger partial charge on any atom is -0.481 e. The van der Waals surface area contributed by atoms with Crippen LogP contribution in [0.5, 0.6) is 0 Å². The molecule has 1 aliphatic rings. The molecule has 1 aliphatic heterocycles. The van der Waals surface area contributed by atoms with Crippen molar-refractivity contribution in [2.45, 2.75) is 25.5 Å². The van der Waals surface area contributed by atoms with E-state index in [1.807, 2.05) is 13.8 Å². The first-order valence-corrected chi connectivity index (χ1v) is 5.72. The van der Waals surface area contributed by atoms with E-state index < -0.39 is 11.2 Å². The molecule has 1 fully saturated rings. The molecule has 5 nitrogen and oxygen atoms in total. The molecule has 0 bridgehead atoms. The quantitative estimate of drug-likeness (QED) is 0.775. The molecular weight excluding hydrogens is 216 g/mol. The number of amidine groups is 1. The normalized spacial score (nSPS) is 23.9. The number of aliphatic carboxylic acids is 1. The number of thioether (sulfide) groups is 1. The molecule has 0 aromatic rings. The molecule has 1 atom stereocenters. The molecule has 1 amide bonds. The van der Waals surface area contributed by atoms with E-state index in [0.29, 0.717) is 18.3 Å². The van der Waals surface area contributed by atoms with Crippen LogP contribution in [-0.2, 0) is 9.59 Å². The zero-order valence-electron chi connectivity index (χ0n) is 8.77. The maximum atomic E-state index is 11.7. The number of carbonyl (C=O) groups is 2. The number of nitrogens with zero attached hydrogens (tertiary/aromatic N) is 2. The first kappa shape index (κ1) is 12.0. The van der Waals surface area contributed by atoms with Crippen molar-refractivity contribution < 1.29 is 14.7 Å². The molecule has 1 heterocycles. The van der Waals surface area contributed by atoms with Crippen LogP contribution in [0.2, 0.25) is 0 Å². The van der Waals surface area contributed by atoms with Crippen molar-refractivity contribution in [2.75, 3.05) is 13.1 Å². The van der Waals surface area contributed by atoms with E-state index in [1.165, 1.54) is 11.8 Å². The van der Waals surface area contributed by atoms with E-state index in [4.69, 9.17) is 5.11 Å². The average Bonchev–Trinajstić information content (AvgIpc) is 2.43. The molecule has 0 aromatic carbocycles. The fourth-order valence-electron chi connectivity index (χ4n) is 1.35. The van der Waals surface area contributed by atoms with Crippen LogP contribution in [0.1, 0.15) is 20.3 Å². The Morgan fingerprint density at radius 3 is 2.73 bits per heavy atom. The summed E-state index contributed by atoms with van der Waals surface area (Å²) in [4.78, 5) is 28.0. The molecule has 84 valence electrons. The maximum Gasteiger partial charge on any atom is 0.305 e. The van der Waals surface area contributed by atoms with Crippen molar-refractivity contribution in [3.63, 3.8) is 0 Å². The number of carboxylic acids is 1. The van der Waals surface area contributed by atoms with Crippen LogP contribution in [0.3, 0.4) is 0 Å². The van der Waals surface area contributed by atoms with E-state index in [2.05, 4.69) is 4.99 Å². The summed E-state index contributed by atoms with van der Waals surface area (Å²) in [5, 5.41) is 8.79. The van der Waals surface area contributed by atoms with Crippen molar-refractivity contribution >= 4 is 28.8 Å². The van der Waals surface area contributed by atoms with Crippen molar-refractivity contribution in [3.8, 4) is 0 Å². The third-order valence-electron chi connectivity index (χ3n) is 1.99. The monoisotopic (exact) mass is 230 g/mol. The summed E-state index contributed by atoms with van der Waals surface area (Å²) in [5.74, 6) is -1.09. The summed E-state index contributed by atoms with van der Waals surface area (Å²) in [5.41, 5.74) is 0. The van der Waals surface area contributed by atoms with Gasteiger partial charge >= 0.3 is 5.97 Å². The predicted molar refractivity (Wildman–Crippen MR) is 59.0 cm³/mol. The van der Waals surface area contributed by atoms with Gasteiger partial charge in [-0.1, -0.05) is 11.8 Å². The molecule has 1 N–H and O–H groups in total. The smallest absolute Gasteiger partial charge is 0.305 e. The Labute approximate surface area is 92.5 Å². The largest absolute Gasteiger partial charge is 0.481 e. The van der Waals surface area contributed by atoms with Gasteiger partial charge in [0.2, 0.25) is 5.91 Å². The van der Waals surface area contributed by atoms with Gasteiger partial charge in [0.25, 0.3) is 0 Å². The molecule has 15 heavy (non-hydrogen) atoms. The molecule has 1 rings (SSSR count). The SMILES string of the molecule is CCN=C1SC(CC(=O)O)C(=O)N1CC. The second kappa shape index (κ2) is 5.16. The average molecular weight is 230 g/mol. The van der Waals surface area contributed by atoms with Crippen molar-refractivity contribution in [1.82, 2.24) is 4.90 Å². The number of aliphatic imine (C=N–C) groups is 1. The highest BCUT2D eigenvalue weighted by molar-refractivity contribution is 8.15. The lowest BCUT2D eigenvalue weighted by molar-refractivity contribution is -0.139. The molecule has 1 saturated heterocycles. The van der Waals surface area contributed by atoms with Gasteiger partial charge < -0.3 is 5.11 Å². The van der Waals surface area contributed by atoms with Crippen molar-refractivity contribution in [3.05, 3.63) is 0 Å². The number of carboxylic acid groups (broad SMARTS) is 1. The zero-order valence-corrected chi connectivity index (χ0v) is 9.58. The number of rotatable bonds is 4. The van der Waals surface area contributed by atoms with Crippen molar-refractivity contribution in [1.29, 1.82) is 0 Å². The van der Waals surface area contributed by atoms with Crippen molar-refractivity contribution in [2.24, 2.45) is 4.99 Å². The van der Waals surface area contributed by atoms with E-state index in [1.54, 1.807) is 4.90 Å². The van der Waals surface area contributed by atoms with E-state index in [9.17, 15) is 9.59 Å². The van der Waals surface area contributed by atoms with Gasteiger partial charge in [-0.15, -0.1) is 0 Å². The lowest BCUT2D eigenvalue weighted by atomic mass is 10.3. The Hall–Kier alpha value is -1.04. The highest BCUT2D eigenvalue weighted by atomic mass is 32.2. The van der Waals surface area contributed by atoms with Gasteiger partial charge in [-0.25, -0.2) is 0 Å². The summed E-state index contributed by atoms with van der Waals surface area (Å²) < 4.78 is 0. The lowest BCUT2D eigenvalue weighted by Crippen LogP contribution is -2.32. The minimum atomic E-state index is -0.949. The Morgan fingerprint density at radius 1 is 1.60 bits per heavy atom. The van der Waals surface area contributed by atoms with Crippen LogP contribution in [0.4, 0.5) is 0 Å². The molecule has 1 unspecified atom stereocenters. The third kappa shape index (κ3) is 2.71. The summed E-state index contributed by atoms with van der Waals surface area (Å²) in [7, 11) is 0. The summed E-state index contributed by atoms with van der Waals surface area (Å²) in [6.07, 6.45) is -0.136. The van der Waals surface area contributed by atoms with Crippen LogP contribution in [0.25, 0.3) is 0 Å². The van der Waals surface area contributed by atoms with Crippen LogP contribution < -0.4 is 0 Å². The van der Waals surface area contributed by atoms with Crippen LogP contribution in [0.15, 0.2) is 4.99 Å². The Balaban J connectivity index is 2.78. The number of hydrogen-bond acceptors (Lipinski definition) is 4. The van der Waals surface area contributed by atoms with Gasteiger partial charge in [0, 0.05) is 13.1 Å². The number of amides is 1. The fourth-order valence-corrected chi connectivity index (χ4v) is 2.60. The first-order valence-electron chi connectivity index (χ1n) is 4.84. The molecule has 0 radical (unpaired) electrons. The van der Waals surface area contributed by atoms with Gasteiger partial charge in [-0.05, 0) is 13.8 Å². The molecule has 0 spiro atoms. The second-order valence-electron chi connectivity index (χ2n) is 3.04. The van der Waals surface area contributed by atoms with Gasteiger partial charge in [0.1, 0.15) is 5.25 Å².